The monoisotopic (exact) mass is 364 g/mol. The number of halogens is 1. The van der Waals surface area contributed by atoms with Crippen molar-refractivity contribution in [2.75, 3.05) is 11.4 Å². The first-order valence-corrected chi connectivity index (χ1v) is 9.46. The first-order chi connectivity index (χ1) is 11.5. The Balaban J connectivity index is 1.66. The van der Waals surface area contributed by atoms with Gasteiger partial charge in [0, 0.05) is 30.2 Å². The summed E-state index contributed by atoms with van der Waals surface area (Å²) in [4.78, 5) is 13.6. The van der Waals surface area contributed by atoms with E-state index in [1.165, 1.54) is 24.3 Å². The molecule has 1 amide bonds. The van der Waals surface area contributed by atoms with Crippen LogP contribution in [0.3, 0.4) is 0 Å². The normalized spacial score (nSPS) is 15.0. The van der Waals surface area contributed by atoms with Gasteiger partial charge in [0.2, 0.25) is 15.9 Å². The summed E-state index contributed by atoms with van der Waals surface area (Å²) < 4.78 is 27.0. The number of hydrogen-bond donors (Lipinski definition) is 1. The second kappa shape index (κ2) is 6.93. The van der Waals surface area contributed by atoms with Crippen LogP contribution in [-0.2, 0) is 21.4 Å². The van der Waals surface area contributed by atoms with E-state index in [9.17, 15) is 13.2 Å². The predicted octanol–water partition coefficient (Wildman–Crippen LogP) is 2.95. The van der Waals surface area contributed by atoms with Gasteiger partial charge in [-0.25, -0.2) is 13.1 Å². The number of sulfonamides is 1. The molecule has 0 atom stereocenters. The molecule has 1 fully saturated rings. The van der Waals surface area contributed by atoms with Crippen molar-refractivity contribution in [3.63, 3.8) is 0 Å². The maximum absolute atomic E-state index is 12.2. The van der Waals surface area contributed by atoms with E-state index in [4.69, 9.17) is 11.6 Å². The topological polar surface area (TPSA) is 66.5 Å². The average Bonchev–Trinajstić information content (AvgIpc) is 3.00. The highest BCUT2D eigenvalue weighted by Gasteiger charge is 2.21. The molecule has 7 heteroatoms. The lowest BCUT2D eigenvalue weighted by Gasteiger charge is -2.16. The smallest absolute Gasteiger partial charge is 0.240 e. The van der Waals surface area contributed by atoms with Crippen LogP contribution in [0.2, 0.25) is 5.02 Å². The summed E-state index contributed by atoms with van der Waals surface area (Å²) in [6.07, 6.45) is 1.46. The molecule has 3 rings (SSSR count). The van der Waals surface area contributed by atoms with Gasteiger partial charge in [0.1, 0.15) is 0 Å². The van der Waals surface area contributed by atoms with Crippen molar-refractivity contribution >= 4 is 33.2 Å². The van der Waals surface area contributed by atoms with Crippen molar-refractivity contribution in [3.8, 4) is 0 Å². The van der Waals surface area contributed by atoms with Gasteiger partial charge in [-0.15, -0.1) is 0 Å². The molecule has 0 saturated carbocycles. The maximum atomic E-state index is 12.2. The van der Waals surface area contributed by atoms with E-state index in [-0.39, 0.29) is 17.3 Å². The number of nitrogens with one attached hydrogen (secondary N) is 1. The minimum Gasteiger partial charge on any atom is -0.312 e. The predicted molar refractivity (Wildman–Crippen MR) is 93.5 cm³/mol. The number of carbonyl (C=O) groups excluding carboxylic acids is 1. The van der Waals surface area contributed by atoms with Gasteiger partial charge in [0.25, 0.3) is 0 Å². The molecule has 1 aliphatic rings. The van der Waals surface area contributed by atoms with Crippen molar-refractivity contribution in [3.05, 3.63) is 59.1 Å². The molecule has 1 aliphatic heterocycles. The van der Waals surface area contributed by atoms with Gasteiger partial charge >= 0.3 is 0 Å². The highest BCUT2D eigenvalue weighted by Crippen LogP contribution is 2.22. The summed E-state index contributed by atoms with van der Waals surface area (Å²) in [6, 6.07) is 13.3. The fraction of sp³-hybridized carbons (Fsp3) is 0.235. The van der Waals surface area contributed by atoms with E-state index in [2.05, 4.69) is 4.72 Å². The average molecular weight is 365 g/mol. The van der Waals surface area contributed by atoms with E-state index in [0.717, 1.165) is 24.2 Å². The minimum absolute atomic E-state index is 0.131. The van der Waals surface area contributed by atoms with Gasteiger partial charge in [0.15, 0.2) is 0 Å². The van der Waals surface area contributed by atoms with Crippen molar-refractivity contribution < 1.29 is 13.2 Å². The largest absolute Gasteiger partial charge is 0.312 e. The Morgan fingerprint density at radius 1 is 1.04 bits per heavy atom. The molecule has 2 aromatic carbocycles. The van der Waals surface area contributed by atoms with Gasteiger partial charge in [-0.3, -0.25) is 4.79 Å². The number of anilines is 1. The Hall–Kier alpha value is -1.89. The standard InChI is InChI=1S/C17H17ClN2O3S/c18-14-5-9-16(10-6-14)24(22,23)19-12-13-3-7-15(8-4-13)20-11-1-2-17(20)21/h3-10,19H,1-2,11-12H2. The third-order valence-corrected chi connectivity index (χ3v) is 5.58. The molecule has 0 radical (unpaired) electrons. The number of rotatable bonds is 5. The van der Waals surface area contributed by atoms with Crippen LogP contribution in [0.4, 0.5) is 5.69 Å². The van der Waals surface area contributed by atoms with Crippen LogP contribution in [0.5, 0.6) is 0 Å². The summed E-state index contributed by atoms with van der Waals surface area (Å²) in [5.41, 5.74) is 1.67. The molecule has 0 aliphatic carbocycles. The zero-order valence-corrected chi connectivity index (χ0v) is 14.5. The number of benzene rings is 2. The zero-order chi connectivity index (χ0) is 17.2. The Bertz CT molecular complexity index is 833. The maximum Gasteiger partial charge on any atom is 0.240 e. The molecule has 1 N–H and O–H groups in total. The van der Waals surface area contributed by atoms with Crippen molar-refractivity contribution in [2.24, 2.45) is 0 Å². The number of amides is 1. The summed E-state index contributed by atoms with van der Waals surface area (Å²) in [5.74, 6) is 0.131. The Labute approximate surface area is 146 Å². The van der Waals surface area contributed by atoms with Gasteiger partial charge < -0.3 is 4.90 Å². The van der Waals surface area contributed by atoms with Gasteiger partial charge in [-0.2, -0.15) is 0 Å². The molecule has 0 unspecified atom stereocenters. The zero-order valence-electron chi connectivity index (χ0n) is 12.9. The van der Waals surface area contributed by atoms with Crippen LogP contribution in [0.1, 0.15) is 18.4 Å². The van der Waals surface area contributed by atoms with E-state index < -0.39 is 10.0 Å². The molecule has 0 aromatic heterocycles. The van der Waals surface area contributed by atoms with E-state index in [1.54, 1.807) is 4.90 Å². The second-order valence-corrected chi connectivity index (χ2v) is 7.80. The molecule has 1 saturated heterocycles. The van der Waals surface area contributed by atoms with Crippen molar-refractivity contribution in [1.82, 2.24) is 4.72 Å². The van der Waals surface area contributed by atoms with Crippen LogP contribution >= 0.6 is 11.6 Å². The molecule has 126 valence electrons. The molecule has 24 heavy (non-hydrogen) atoms. The summed E-state index contributed by atoms with van der Waals surface area (Å²) in [5, 5.41) is 0.487. The SMILES string of the molecule is O=C1CCCN1c1ccc(CNS(=O)(=O)c2ccc(Cl)cc2)cc1. The summed E-state index contributed by atoms with van der Waals surface area (Å²) >= 11 is 5.77. The van der Waals surface area contributed by atoms with Gasteiger partial charge in [0.05, 0.1) is 4.90 Å². The Kier molecular flexibility index (Phi) is 4.89. The second-order valence-electron chi connectivity index (χ2n) is 5.59. The quantitative estimate of drug-likeness (QED) is 0.887. The molecule has 5 nitrogen and oxygen atoms in total. The lowest BCUT2D eigenvalue weighted by Crippen LogP contribution is -2.24. The lowest BCUT2D eigenvalue weighted by molar-refractivity contribution is -0.117. The fourth-order valence-electron chi connectivity index (χ4n) is 2.59. The highest BCUT2D eigenvalue weighted by atomic mass is 35.5. The van der Waals surface area contributed by atoms with Crippen LogP contribution in [0, 0.1) is 0 Å². The third-order valence-electron chi connectivity index (χ3n) is 3.91. The Morgan fingerprint density at radius 3 is 2.29 bits per heavy atom. The van der Waals surface area contributed by atoms with Crippen LogP contribution in [0.15, 0.2) is 53.4 Å². The molecular formula is C17H17ClN2O3S. The van der Waals surface area contributed by atoms with E-state index in [0.29, 0.717) is 11.4 Å². The molecule has 0 bridgehead atoms. The van der Waals surface area contributed by atoms with Crippen LogP contribution < -0.4 is 9.62 Å². The third kappa shape index (κ3) is 3.77. The minimum atomic E-state index is -3.58. The van der Waals surface area contributed by atoms with Crippen molar-refractivity contribution in [1.29, 1.82) is 0 Å². The fourth-order valence-corrected chi connectivity index (χ4v) is 3.73. The highest BCUT2D eigenvalue weighted by molar-refractivity contribution is 7.89. The van der Waals surface area contributed by atoms with Gasteiger partial charge in [-0.05, 0) is 48.4 Å². The van der Waals surface area contributed by atoms with E-state index in [1.807, 2.05) is 24.3 Å². The van der Waals surface area contributed by atoms with E-state index >= 15 is 0 Å². The summed E-state index contributed by atoms with van der Waals surface area (Å²) in [6.45, 7) is 0.917. The number of hydrogen-bond acceptors (Lipinski definition) is 3. The summed E-state index contributed by atoms with van der Waals surface area (Å²) in [7, 11) is -3.58. The van der Waals surface area contributed by atoms with Gasteiger partial charge in [-0.1, -0.05) is 23.7 Å². The first kappa shape index (κ1) is 17.0. The van der Waals surface area contributed by atoms with Crippen LogP contribution in [-0.4, -0.2) is 20.9 Å². The van der Waals surface area contributed by atoms with Crippen molar-refractivity contribution in [2.45, 2.75) is 24.3 Å². The lowest BCUT2D eigenvalue weighted by atomic mass is 10.2. The molecule has 2 aromatic rings. The van der Waals surface area contributed by atoms with Crippen LogP contribution in [0.25, 0.3) is 0 Å². The molecular weight excluding hydrogens is 348 g/mol. The Morgan fingerprint density at radius 2 is 1.71 bits per heavy atom. The number of nitrogens with zero attached hydrogens (tertiary/aromatic N) is 1. The molecule has 0 spiro atoms. The molecule has 1 heterocycles. The number of carbonyl (C=O) groups is 1. The first-order valence-electron chi connectivity index (χ1n) is 7.60.